The zero-order valence-corrected chi connectivity index (χ0v) is 23.9. The normalized spacial score (nSPS) is 24.1. The maximum Gasteiger partial charge on any atom is 0.261 e. The molecule has 2 aliphatic heterocycles. The van der Waals surface area contributed by atoms with E-state index in [-0.39, 0.29) is 16.7 Å². The van der Waals surface area contributed by atoms with Gasteiger partial charge >= 0.3 is 0 Å². The molecule has 4 nitrogen and oxygen atoms in total. The van der Waals surface area contributed by atoms with Gasteiger partial charge in [-0.25, -0.2) is 0 Å². The van der Waals surface area contributed by atoms with Crippen LogP contribution in [-0.4, -0.2) is 50.4 Å². The van der Waals surface area contributed by atoms with Crippen molar-refractivity contribution in [2.24, 2.45) is 0 Å². The number of rotatable bonds is 7. The van der Waals surface area contributed by atoms with Crippen molar-refractivity contribution in [2.45, 2.75) is 70.1 Å². The summed E-state index contributed by atoms with van der Waals surface area (Å²) in [6.45, 7) is 14.1. The minimum atomic E-state index is -2.62. The van der Waals surface area contributed by atoms with E-state index in [0.29, 0.717) is 13.2 Å². The van der Waals surface area contributed by atoms with Crippen LogP contribution in [0.1, 0.15) is 46.6 Å². The molecule has 0 aliphatic carbocycles. The van der Waals surface area contributed by atoms with Crippen LogP contribution in [0.15, 0.2) is 91.0 Å². The van der Waals surface area contributed by atoms with Crippen LogP contribution in [0.25, 0.3) is 0 Å². The van der Waals surface area contributed by atoms with Gasteiger partial charge in [0.1, 0.15) is 5.60 Å². The van der Waals surface area contributed by atoms with E-state index in [1.807, 2.05) is 13.8 Å². The van der Waals surface area contributed by atoms with Crippen molar-refractivity contribution >= 4 is 18.7 Å². The molecule has 3 aromatic carbocycles. The highest BCUT2D eigenvalue weighted by molar-refractivity contribution is 6.99. The summed E-state index contributed by atoms with van der Waals surface area (Å²) in [5.74, 6) is -0.549. The Balaban J connectivity index is 1.49. The van der Waals surface area contributed by atoms with Gasteiger partial charge in [0.2, 0.25) is 0 Å². The zero-order chi connectivity index (χ0) is 26.2. The first-order valence-electron chi connectivity index (χ1n) is 13.5. The number of hydrogen-bond acceptors (Lipinski definition) is 4. The molecule has 196 valence electrons. The minimum absolute atomic E-state index is 0.0504. The molecule has 0 aromatic heterocycles. The second-order valence-electron chi connectivity index (χ2n) is 12.2. The van der Waals surface area contributed by atoms with Crippen molar-refractivity contribution in [3.8, 4) is 0 Å². The Kier molecular flexibility index (Phi) is 7.20. The van der Waals surface area contributed by atoms with Crippen LogP contribution in [0, 0.1) is 0 Å². The third-order valence-corrected chi connectivity index (χ3v) is 12.9. The maximum absolute atomic E-state index is 7.37. The predicted molar refractivity (Wildman–Crippen MR) is 153 cm³/mol. The Morgan fingerprint density at radius 2 is 1.41 bits per heavy atom. The van der Waals surface area contributed by atoms with Gasteiger partial charge in [0.05, 0.1) is 13.2 Å². The Labute approximate surface area is 223 Å². The molecule has 1 spiro atoms. The summed E-state index contributed by atoms with van der Waals surface area (Å²) in [7, 11) is -2.62. The fourth-order valence-corrected chi connectivity index (χ4v) is 10.9. The number of ether oxygens (including phenoxy) is 2. The van der Waals surface area contributed by atoms with Crippen molar-refractivity contribution in [1.82, 2.24) is 4.90 Å². The van der Waals surface area contributed by atoms with Gasteiger partial charge in [-0.2, -0.15) is 0 Å². The molecule has 2 saturated heterocycles. The fraction of sp³-hybridized carbons (Fsp3) is 0.438. The molecule has 0 bridgehead atoms. The standard InChI is InChI=1S/C32H41NO3Si/c1-30(2,3)37(28-17-11-7-12-18-28,29-19-13-8-14-20-29)35-23-27-21-32(25-34-31(4,5)36-32)24-33(27)22-26-15-9-6-10-16-26/h6-20,27H,21-25H2,1-5H3/t27-,32-/m1/s1. The van der Waals surface area contributed by atoms with Gasteiger partial charge < -0.3 is 13.9 Å². The van der Waals surface area contributed by atoms with Crippen molar-refractivity contribution in [2.75, 3.05) is 19.8 Å². The van der Waals surface area contributed by atoms with E-state index in [1.54, 1.807) is 0 Å². The Bertz CT molecular complexity index is 1120. The second kappa shape index (κ2) is 10.1. The Morgan fingerprint density at radius 1 is 0.865 bits per heavy atom. The SMILES string of the molecule is CC1(C)OC[C@]2(C[C@H](CO[Si](c3ccccc3)(c3ccccc3)C(C)(C)C)N(Cc3ccccc3)C2)O1. The van der Waals surface area contributed by atoms with E-state index in [4.69, 9.17) is 13.9 Å². The number of likely N-dealkylation sites (tertiary alicyclic amines) is 1. The van der Waals surface area contributed by atoms with Crippen LogP contribution in [0.3, 0.4) is 0 Å². The van der Waals surface area contributed by atoms with Crippen molar-refractivity contribution < 1.29 is 13.9 Å². The molecule has 2 atom stereocenters. The third-order valence-electron chi connectivity index (χ3n) is 7.90. The summed E-state index contributed by atoms with van der Waals surface area (Å²) in [6, 6.07) is 32.8. The summed E-state index contributed by atoms with van der Waals surface area (Å²) in [5, 5.41) is 2.58. The monoisotopic (exact) mass is 515 g/mol. The highest BCUT2D eigenvalue weighted by Gasteiger charge is 2.55. The highest BCUT2D eigenvalue weighted by Crippen LogP contribution is 2.42. The first kappa shape index (κ1) is 26.3. The van der Waals surface area contributed by atoms with Crippen molar-refractivity contribution in [1.29, 1.82) is 0 Å². The van der Waals surface area contributed by atoms with Crippen molar-refractivity contribution in [3.63, 3.8) is 0 Å². The van der Waals surface area contributed by atoms with Gasteiger partial charge in [0.15, 0.2) is 5.79 Å². The smallest absolute Gasteiger partial charge is 0.261 e. The molecule has 0 radical (unpaired) electrons. The number of nitrogens with zero attached hydrogens (tertiary/aromatic N) is 1. The van der Waals surface area contributed by atoms with Gasteiger partial charge in [0.25, 0.3) is 8.32 Å². The number of benzene rings is 3. The van der Waals surface area contributed by atoms with Crippen LogP contribution >= 0.6 is 0 Å². The molecule has 2 heterocycles. The molecule has 0 unspecified atom stereocenters. The molecule has 2 aliphatic rings. The first-order chi connectivity index (χ1) is 17.6. The lowest BCUT2D eigenvalue weighted by molar-refractivity contribution is -0.158. The molecule has 5 rings (SSSR count). The zero-order valence-electron chi connectivity index (χ0n) is 22.9. The molecular formula is C32H41NO3Si. The average Bonchev–Trinajstić information content (AvgIpc) is 3.37. The summed E-state index contributed by atoms with van der Waals surface area (Å²) in [6.07, 6.45) is 0.904. The van der Waals surface area contributed by atoms with Crippen molar-refractivity contribution in [3.05, 3.63) is 96.6 Å². The largest absolute Gasteiger partial charge is 0.406 e. The predicted octanol–water partition coefficient (Wildman–Crippen LogP) is 5.36. The molecule has 37 heavy (non-hydrogen) atoms. The number of hydrogen-bond donors (Lipinski definition) is 0. The van der Waals surface area contributed by atoms with Crippen LogP contribution in [0.5, 0.6) is 0 Å². The molecule has 5 heteroatoms. The lowest BCUT2D eigenvalue weighted by Gasteiger charge is -2.44. The Hall–Kier alpha value is -2.28. The highest BCUT2D eigenvalue weighted by atomic mass is 28.4. The van der Waals surface area contributed by atoms with Crippen LogP contribution in [-0.2, 0) is 20.4 Å². The molecule has 2 fully saturated rings. The van der Waals surface area contributed by atoms with Gasteiger partial charge in [-0.3, -0.25) is 4.90 Å². The molecule has 0 saturated carbocycles. The Morgan fingerprint density at radius 3 is 1.89 bits per heavy atom. The van der Waals surface area contributed by atoms with E-state index >= 15 is 0 Å². The molecule has 0 amide bonds. The fourth-order valence-electron chi connectivity index (χ4n) is 6.34. The molecule has 3 aromatic rings. The van der Waals surface area contributed by atoms with Gasteiger partial charge in [0, 0.05) is 19.1 Å². The first-order valence-corrected chi connectivity index (χ1v) is 15.4. The lowest BCUT2D eigenvalue weighted by atomic mass is 10.0. The van der Waals surface area contributed by atoms with E-state index in [1.165, 1.54) is 15.9 Å². The van der Waals surface area contributed by atoms with E-state index in [2.05, 4.69) is 117 Å². The quantitative estimate of drug-likeness (QED) is 0.397. The summed E-state index contributed by atoms with van der Waals surface area (Å²) in [4.78, 5) is 2.55. The van der Waals surface area contributed by atoms with Gasteiger partial charge in [-0.05, 0) is 41.2 Å². The molecular weight excluding hydrogens is 474 g/mol. The van der Waals surface area contributed by atoms with Crippen LogP contribution in [0.4, 0.5) is 0 Å². The lowest BCUT2D eigenvalue weighted by Crippen LogP contribution is -2.67. The summed E-state index contributed by atoms with van der Waals surface area (Å²) in [5.41, 5.74) is 1.02. The maximum atomic E-state index is 7.37. The topological polar surface area (TPSA) is 30.9 Å². The minimum Gasteiger partial charge on any atom is -0.406 e. The van der Waals surface area contributed by atoms with Gasteiger partial charge in [-0.15, -0.1) is 0 Å². The van der Waals surface area contributed by atoms with E-state index in [0.717, 1.165) is 19.5 Å². The van der Waals surface area contributed by atoms with Crippen LogP contribution in [0.2, 0.25) is 5.04 Å². The summed E-state index contributed by atoms with van der Waals surface area (Å²) >= 11 is 0. The second-order valence-corrected chi connectivity index (χ2v) is 16.5. The third kappa shape index (κ3) is 5.34. The van der Waals surface area contributed by atoms with E-state index < -0.39 is 14.1 Å². The van der Waals surface area contributed by atoms with Gasteiger partial charge in [-0.1, -0.05) is 112 Å². The van der Waals surface area contributed by atoms with E-state index in [9.17, 15) is 0 Å². The summed E-state index contributed by atoms with van der Waals surface area (Å²) < 4.78 is 20.0. The van der Waals surface area contributed by atoms with Crippen LogP contribution < -0.4 is 10.4 Å². The molecule has 0 N–H and O–H groups in total. The average molecular weight is 516 g/mol.